The van der Waals surface area contributed by atoms with E-state index in [1.807, 2.05) is 17.9 Å². The van der Waals surface area contributed by atoms with Gasteiger partial charge in [-0.15, -0.1) is 5.10 Å². The molecular weight excluding hydrogens is 324 g/mol. The molecule has 0 saturated carbocycles. The van der Waals surface area contributed by atoms with Gasteiger partial charge in [0.1, 0.15) is 6.54 Å². The van der Waals surface area contributed by atoms with E-state index in [1.165, 1.54) is 36.1 Å². The van der Waals surface area contributed by atoms with Crippen LogP contribution in [0.25, 0.3) is 11.1 Å². The summed E-state index contributed by atoms with van der Waals surface area (Å²) in [5.41, 5.74) is 8.32. The maximum absolute atomic E-state index is 5.19. The van der Waals surface area contributed by atoms with Crippen molar-refractivity contribution < 1.29 is 0 Å². The molecular formula is C20H26N6. The highest BCUT2D eigenvalue weighted by atomic mass is 15.4. The molecule has 2 aliphatic rings. The van der Waals surface area contributed by atoms with Gasteiger partial charge in [0.05, 0.1) is 17.6 Å². The van der Waals surface area contributed by atoms with Crippen LogP contribution < -0.4 is 0 Å². The molecule has 0 fully saturated rings. The van der Waals surface area contributed by atoms with Crippen molar-refractivity contribution in [2.24, 2.45) is 22.5 Å². The molecule has 136 valence electrons. The fourth-order valence-electron chi connectivity index (χ4n) is 3.99. The molecule has 0 aromatic carbocycles. The zero-order valence-electron chi connectivity index (χ0n) is 15.9. The fraction of sp³-hybridized carbons (Fsp3) is 0.550. The fourth-order valence-corrected chi connectivity index (χ4v) is 3.99. The minimum absolute atomic E-state index is 0.372. The molecule has 26 heavy (non-hydrogen) atoms. The van der Waals surface area contributed by atoms with Crippen molar-refractivity contribution in [3.63, 3.8) is 0 Å². The van der Waals surface area contributed by atoms with Crippen LogP contribution in [-0.4, -0.2) is 27.0 Å². The first kappa shape index (κ1) is 17.1. The Hall–Kier alpha value is -2.37. The van der Waals surface area contributed by atoms with E-state index in [0.29, 0.717) is 12.5 Å². The van der Waals surface area contributed by atoms with Crippen LogP contribution in [0.1, 0.15) is 68.0 Å². The average molecular weight is 350 g/mol. The molecule has 0 saturated heterocycles. The minimum atomic E-state index is 0.372. The van der Waals surface area contributed by atoms with E-state index in [-0.39, 0.29) is 0 Å². The Bertz CT molecular complexity index is 877. The Morgan fingerprint density at radius 2 is 2.00 bits per heavy atom. The predicted octanol–water partition coefficient (Wildman–Crippen LogP) is 4.43. The summed E-state index contributed by atoms with van der Waals surface area (Å²) in [5, 5.41) is 16.8. The first-order valence-corrected chi connectivity index (χ1v) is 9.67. The van der Waals surface area contributed by atoms with E-state index in [2.05, 4.69) is 40.6 Å². The second kappa shape index (κ2) is 7.09. The van der Waals surface area contributed by atoms with Crippen molar-refractivity contribution in [2.45, 2.75) is 58.3 Å². The molecule has 1 unspecified atom stereocenters. The van der Waals surface area contributed by atoms with Crippen molar-refractivity contribution in [1.29, 1.82) is 0 Å². The van der Waals surface area contributed by atoms with Crippen LogP contribution in [-0.2, 0) is 19.9 Å². The maximum Gasteiger partial charge on any atom is 0.107 e. The molecule has 0 spiro atoms. The monoisotopic (exact) mass is 350 g/mol. The second-order valence-corrected chi connectivity index (χ2v) is 7.38. The van der Waals surface area contributed by atoms with Gasteiger partial charge in [-0.25, -0.2) is 0 Å². The quantitative estimate of drug-likeness (QED) is 0.765. The number of pyridine rings is 1. The van der Waals surface area contributed by atoms with Gasteiger partial charge in [-0.2, -0.15) is 10.2 Å². The standard InChI is InChI=1S/C20H26N6/c1-4-13(2)20-19(17-11-21-25-24-17)18(14-10-22-26(3)12-14)15-8-6-5-7-9-16(15)23-20/h10,12-13H,4-9,11H2,1-3H3. The summed E-state index contributed by atoms with van der Waals surface area (Å²) in [6.07, 6.45) is 11.0. The second-order valence-electron chi connectivity index (χ2n) is 7.38. The average Bonchev–Trinajstić information content (AvgIpc) is 3.26. The number of rotatable bonds is 4. The SMILES string of the molecule is CCC(C)c1nc2c(c(-c3cnn(C)c3)c1C1=NN=NC1)CCCCC2. The molecule has 3 heterocycles. The molecule has 2 aromatic heterocycles. The molecule has 0 N–H and O–H groups in total. The number of nitrogens with zero attached hydrogens (tertiary/aromatic N) is 6. The molecule has 0 bridgehead atoms. The first-order valence-electron chi connectivity index (χ1n) is 9.67. The van der Waals surface area contributed by atoms with Crippen molar-refractivity contribution in [3.05, 3.63) is 34.9 Å². The van der Waals surface area contributed by atoms with Crippen molar-refractivity contribution in [1.82, 2.24) is 14.8 Å². The lowest BCUT2D eigenvalue weighted by Crippen LogP contribution is -2.16. The lowest BCUT2D eigenvalue weighted by Gasteiger charge is -2.22. The number of hydrogen-bond acceptors (Lipinski definition) is 5. The van der Waals surface area contributed by atoms with Gasteiger partial charge in [-0.1, -0.05) is 20.3 Å². The van der Waals surface area contributed by atoms with Gasteiger partial charge in [-0.3, -0.25) is 9.67 Å². The van der Waals surface area contributed by atoms with Crippen molar-refractivity contribution >= 4 is 5.71 Å². The summed E-state index contributed by atoms with van der Waals surface area (Å²) in [6, 6.07) is 0. The smallest absolute Gasteiger partial charge is 0.107 e. The largest absolute Gasteiger partial charge is 0.275 e. The van der Waals surface area contributed by atoms with E-state index in [9.17, 15) is 0 Å². The molecule has 4 rings (SSSR count). The summed E-state index contributed by atoms with van der Waals surface area (Å²) in [5.74, 6) is 0.372. The van der Waals surface area contributed by atoms with Gasteiger partial charge < -0.3 is 0 Å². The molecule has 0 amide bonds. The van der Waals surface area contributed by atoms with Gasteiger partial charge >= 0.3 is 0 Å². The molecule has 2 aromatic rings. The maximum atomic E-state index is 5.19. The first-order chi connectivity index (χ1) is 12.7. The lowest BCUT2D eigenvalue weighted by atomic mass is 9.86. The third kappa shape index (κ3) is 2.97. The van der Waals surface area contributed by atoms with E-state index in [0.717, 1.165) is 41.8 Å². The summed E-state index contributed by atoms with van der Waals surface area (Å²) in [6.45, 7) is 5.01. The van der Waals surface area contributed by atoms with Crippen LogP contribution in [0.3, 0.4) is 0 Å². The Kier molecular flexibility index (Phi) is 4.66. The molecule has 1 atom stereocenters. The van der Waals surface area contributed by atoms with Crippen molar-refractivity contribution in [3.8, 4) is 11.1 Å². The number of aryl methyl sites for hydroxylation is 2. The van der Waals surface area contributed by atoms with E-state index < -0.39 is 0 Å². The minimum Gasteiger partial charge on any atom is -0.275 e. The van der Waals surface area contributed by atoms with Crippen molar-refractivity contribution in [2.75, 3.05) is 6.54 Å². The van der Waals surface area contributed by atoms with E-state index >= 15 is 0 Å². The van der Waals surface area contributed by atoms with Gasteiger partial charge in [0.2, 0.25) is 0 Å². The third-order valence-corrected chi connectivity index (χ3v) is 5.56. The summed E-state index contributed by atoms with van der Waals surface area (Å²) in [7, 11) is 1.97. The van der Waals surface area contributed by atoms with Crippen LogP contribution >= 0.6 is 0 Å². The van der Waals surface area contributed by atoms with E-state index in [1.54, 1.807) is 0 Å². The van der Waals surface area contributed by atoms with Crippen LogP contribution in [0.2, 0.25) is 0 Å². The predicted molar refractivity (Wildman–Crippen MR) is 103 cm³/mol. The normalized spacial score (nSPS) is 17.7. The zero-order valence-corrected chi connectivity index (χ0v) is 15.9. The van der Waals surface area contributed by atoms with Gasteiger partial charge in [0.25, 0.3) is 0 Å². The highest BCUT2D eigenvalue weighted by Crippen LogP contribution is 2.38. The van der Waals surface area contributed by atoms with Crippen LogP contribution in [0, 0.1) is 0 Å². The highest BCUT2D eigenvalue weighted by Gasteiger charge is 2.28. The Labute approximate surface area is 154 Å². The molecule has 1 aliphatic heterocycles. The lowest BCUT2D eigenvalue weighted by molar-refractivity contribution is 0.689. The van der Waals surface area contributed by atoms with Gasteiger partial charge in [0.15, 0.2) is 0 Å². The number of fused-ring (bicyclic) bond motifs is 1. The third-order valence-electron chi connectivity index (χ3n) is 5.56. The van der Waals surface area contributed by atoms with Crippen LogP contribution in [0.15, 0.2) is 27.8 Å². The highest BCUT2D eigenvalue weighted by molar-refractivity contribution is 6.09. The van der Waals surface area contributed by atoms with Gasteiger partial charge in [0, 0.05) is 35.6 Å². The number of aromatic nitrogens is 3. The Morgan fingerprint density at radius 3 is 2.69 bits per heavy atom. The number of hydrogen-bond donors (Lipinski definition) is 0. The molecule has 0 radical (unpaired) electrons. The Balaban J connectivity index is 2.03. The van der Waals surface area contributed by atoms with E-state index in [4.69, 9.17) is 4.98 Å². The van der Waals surface area contributed by atoms with Crippen LogP contribution in [0.4, 0.5) is 0 Å². The summed E-state index contributed by atoms with van der Waals surface area (Å²) in [4.78, 5) is 5.19. The van der Waals surface area contributed by atoms with Gasteiger partial charge in [-0.05, 0) is 48.8 Å². The molecule has 6 nitrogen and oxygen atoms in total. The summed E-state index contributed by atoms with van der Waals surface area (Å²) < 4.78 is 1.87. The van der Waals surface area contributed by atoms with Crippen LogP contribution in [0.5, 0.6) is 0 Å². The summed E-state index contributed by atoms with van der Waals surface area (Å²) >= 11 is 0. The zero-order chi connectivity index (χ0) is 18.1. The molecule has 6 heteroatoms. The molecule has 1 aliphatic carbocycles. The topological polar surface area (TPSA) is 67.8 Å². The Morgan fingerprint density at radius 1 is 1.15 bits per heavy atom.